The fourth-order valence-corrected chi connectivity index (χ4v) is 1.31. The van der Waals surface area contributed by atoms with E-state index in [1.54, 1.807) is 0 Å². The van der Waals surface area contributed by atoms with E-state index in [0.717, 1.165) is 0 Å². The summed E-state index contributed by atoms with van der Waals surface area (Å²) in [6.07, 6.45) is -3.61. The van der Waals surface area contributed by atoms with Crippen LogP contribution in [0.2, 0.25) is 0 Å². The molecule has 0 aliphatic rings. The molecular formula is C11H11FN4O3. The van der Waals surface area contributed by atoms with Crippen LogP contribution in [-0.4, -0.2) is 17.2 Å². The summed E-state index contributed by atoms with van der Waals surface area (Å²) in [7, 11) is 0. The molecule has 100 valence electrons. The van der Waals surface area contributed by atoms with Gasteiger partial charge in [0, 0.05) is 28.7 Å². The van der Waals surface area contributed by atoms with Crippen molar-refractivity contribution in [1.82, 2.24) is 0 Å². The molecule has 0 spiro atoms. The Bertz CT molecular complexity index is 792. The Kier molecular flexibility index (Phi) is 2.45. The summed E-state index contributed by atoms with van der Waals surface area (Å²) in [5.74, 6) is -5.71. The number of Topliss-reactive ketones (excluding diaryl/α,β-unsaturated/α-hetero) is 1. The molecule has 1 rings (SSSR count). The molecule has 0 bridgehead atoms. The molecular weight excluding hydrogens is 255 g/mol. The first-order valence-electron chi connectivity index (χ1n) is 8.21. The van der Waals surface area contributed by atoms with E-state index in [1.165, 1.54) is 0 Å². The van der Waals surface area contributed by atoms with Gasteiger partial charge in [-0.2, -0.15) is 0 Å². The van der Waals surface area contributed by atoms with Crippen LogP contribution in [0.4, 0.5) is 10.1 Å². The van der Waals surface area contributed by atoms with Crippen molar-refractivity contribution in [3.8, 4) is 0 Å². The van der Waals surface area contributed by atoms with E-state index >= 15 is 0 Å². The smallest absolute Gasteiger partial charge is 0.211 e. The number of rotatable bonds is 6. The molecule has 0 aromatic heterocycles. The zero-order chi connectivity index (χ0) is 20.5. The third-order valence-electron chi connectivity index (χ3n) is 1.97. The van der Waals surface area contributed by atoms with Gasteiger partial charge in [-0.3, -0.25) is 10.1 Å². The molecule has 0 heterocycles. The molecule has 7 nitrogen and oxygen atoms in total. The second-order valence-electron chi connectivity index (χ2n) is 3.19. The molecule has 1 aromatic rings. The van der Waals surface area contributed by atoms with Gasteiger partial charge >= 0.3 is 0 Å². The Morgan fingerprint density at radius 2 is 2.53 bits per heavy atom. The van der Waals surface area contributed by atoms with Gasteiger partial charge < -0.3 is 4.79 Å². The summed E-state index contributed by atoms with van der Waals surface area (Å²) in [5.41, 5.74) is 7.08. The molecule has 0 aliphatic heterocycles. The lowest BCUT2D eigenvalue weighted by Crippen LogP contribution is -2.15. The summed E-state index contributed by atoms with van der Waals surface area (Å²) in [4.78, 5) is 23.9. The molecule has 0 aliphatic carbocycles. The minimum Gasteiger partial charge on any atom is -0.300 e. The highest BCUT2D eigenvalue weighted by molar-refractivity contribution is 5.76. The maximum atomic E-state index is 13.4. The van der Waals surface area contributed by atoms with Crippen molar-refractivity contribution in [2.45, 2.75) is 19.1 Å². The topological polar surface area (TPSA) is 109 Å². The van der Waals surface area contributed by atoms with Gasteiger partial charge in [-0.1, -0.05) is 11.2 Å². The van der Waals surface area contributed by atoms with E-state index in [-0.39, 0.29) is 0 Å². The van der Waals surface area contributed by atoms with Crippen LogP contribution in [0.5, 0.6) is 0 Å². The number of nitro groups is 1. The maximum Gasteiger partial charge on any atom is 0.211 e. The van der Waals surface area contributed by atoms with E-state index < -0.39 is 53.4 Å². The van der Waals surface area contributed by atoms with Crippen LogP contribution in [0.1, 0.15) is 34.3 Å². The van der Waals surface area contributed by atoms with Crippen LogP contribution in [0.15, 0.2) is 23.3 Å². The summed E-state index contributed by atoms with van der Waals surface area (Å²) in [6, 6.07) is 1.91. The molecule has 0 saturated heterocycles. The van der Waals surface area contributed by atoms with E-state index in [9.17, 15) is 19.3 Å². The molecule has 8 heteroatoms. The number of azide groups is 1. The van der Waals surface area contributed by atoms with E-state index in [4.69, 9.17) is 15.1 Å². The first-order valence-corrected chi connectivity index (χ1v) is 4.71. The zero-order valence-electron chi connectivity index (χ0n) is 16.2. The highest BCUT2D eigenvalue weighted by Gasteiger charge is 2.22. The Morgan fingerprint density at radius 1 is 1.79 bits per heavy atom. The highest BCUT2D eigenvalue weighted by Crippen LogP contribution is 2.30. The normalized spacial score (nSPS) is 19.1. The van der Waals surface area contributed by atoms with Crippen molar-refractivity contribution in [2.75, 3.05) is 6.50 Å². The Hall–Kier alpha value is -2.47. The number of carbonyl (C=O) groups excluding carboxylic acids is 1. The van der Waals surface area contributed by atoms with E-state index in [0.29, 0.717) is 18.2 Å². The number of hydrogen-bond acceptors (Lipinski definition) is 4. The average molecular weight is 273 g/mol. The first kappa shape index (κ1) is 7.20. The van der Waals surface area contributed by atoms with Gasteiger partial charge in [-0.25, -0.2) is 4.39 Å². The van der Waals surface area contributed by atoms with Crippen molar-refractivity contribution in [3.63, 3.8) is 0 Å². The largest absolute Gasteiger partial charge is 0.300 e. The average Bonchev–Trinajstić information content (AvgIpc) is 2.47. The molecule has 0 unspecified atom stereocenters. The lowest BCUT2D eigenvalue weighted by molar-refractivity contribution is -0.483. The third kappa shape index (κ3) is 4.36. The van der Waals surface area contributed by atoms with Gasteiger partial charge in [-0.15, -0.1) is 0 Å². The van der Waals surface area contributed by atoms with Crippen LogP contribution in [0.25, 0.3) is 10.4 Å². The minimum atomic E-state index is -3.69. The standard InChI is InChI=1S/C11H11FN4O3/c1-7(17)4-8(6-16(18)19)10-3-2-9(12)5-11(10)14-15-13/h2-3,5,8H,4,6H2,1H3/t8-/m0/s1/i1D3,4D2,6D2. The Labute approximate surface area is 117 Å². The summed E-state index contributed by atoms with van der Waals surface area (Å²) in [6.45, 7) is -7.23. The molecule has 0 fully saturated rings. The first-order chi connectivity index (χ1) is 11.7. The number of hydrogen-bond donors (Lipinski definition) is 0. The molecule has 1 aromatic carbocycles. The van der Waals surface area contributed by atoms with Gasteiger partial charge in [0.25, 0.3) is 0 Å². The van der Waals surface area contributed by atoms with E-state index in [1.807, 2.05) is 0 Å². The quantitative estimate of drug-likeness (QED) is 0.261. The highest BCUT2D eigenvalue weighted by atomic mass is 19.1. The van der Waals surface area contributed by atoms with Crippen molar-refractivity contribution in [3.05, 3.63) is 50.1 Å². The molecule has 0 radical (unpaired) electrons. The Balaban J connectivity index is 3.84. The monoisotopic (exact) mass is 273 g/mol. The fourth-order valence-electron chi connectivity index (χ4n) is 1.31. The number of halogens is 1. The molecule has 1 atom stereocenters. The number of carbonyl (C=O) groups is 1. The molecule has 0 N–H and O–H groups in total. The van der Waals surface area contributed by atoms with Crippen molar-refractivity contribution < 1.29 is 23.7 Å². The van der Waals surface area contributed by atoms with Crippen molar-refractivity contribution in [1.29, 1.82) is 0 Å². The van der Waals surface area contributed by atoms with Crippen LogP contribution < -0.4 is 0 Å². The van der Waals surface area contributed by atoms with Crippen LogP contribution in [-0.2, 0) is 4.79 Å². The maximum absolute atomic E-state index is 13.4. The van der Waals surface area contributed by atoms with Crippen LogP contribution in [0.3, 0.4) is 0 Å². The minimum absolute atomic E-state index is 0.550. The number of benzene rings is 1. The van der Waals surface area contributed by atoms with Crippen LogP contribution in [0, 0.1) is 15.9 Å². The lowest BCUT2D eigenvalue weighted by atomic mass is 9.92. The van der Waals surface area contributed by atoms with Gasteiger partial charge in [0.1, 0.15) is 14.3 Å². The van der Waals surface area contributed by atoms with Gasteiger partial charge in [0.2, 0.25) is 6.50 Å². The van der Waals surface area contributed by atoms with Gasteiger partial charge in [-0.05, 0) is 30.1 Å². The summed E-state index contributed by atoms with van der Waals surface area (Å²) < 4.78 is 65.2. The second-order valence-corrected chi connectivity index (χ2v) is 3.19. The van der Waals surface area contributed by atoms with E-state index in [2.05, 4.69) is 10.0 Å². The number of nitrogens with zero attached hydrogens (tertiary/aromatic N) is 4. The number of ketones is 1. The third-order valence-corrected chi connectivity index (χ3v) is 1.97. The van der Waals surface area contributed by atoms with Crippen molar-refractivity contribution >= 4 is 11.5 Å². The molecule has 0 saturated carbocycles. The van der Waals surface area contributed by atoms with Crippen LogP contribution >= 0.6 is 0 Å². The summed E-state index contributed by atoms with van der Waals surface area (Å²) >= 11 is 0. The molecule has 0 amide bonds. The predicted octanol–water partition coefficient (Wildman–Crippen LogP) is 3.11. The predicted molar refractivity (Wildman–Crippen MR) is 65.1 cm³/mol. The van der Waals surface area contributed by atoms with Gasteiger partial charge in [0.05, 0.1) is 5.92 Å². The van der Waals surface area contributed by atoms with Crippen molar-refractivity contribution in [2.24, 2.45) is 5.11 Å². The summed E-state index contributed by atoms with van der Waals surface area (Å²) in [5, 5.41) is 14.2. The second kappa shape index (κ2) is 6.46. The SMILES string of the molecule is [2H]C([2H])([2H])C(=O)C([2H])([2H])[C@H](c1ccc(F)cc1N=[N+]=[N-])C([2H])([2H])[N+](=O)[O-]. The lowest BCUT2D eigenvalue weighted by Gasteiger charge is -2.14. The fraction of sp³-hybridized carbons (Fsp3) is 0.364. The Morgan fingerprint density at radius 3 is 3.11 bits per heavy atom. The molecule has 19 heavy (non-hydrogen) atoms. The zero-order valence-corrected chi connectivity index (χ0v) is 9.20. The van der Waals surface area contributed by atoms with Gasteiger partial charge in [0.15, 0.2) is 0 Å².